The van der Waals surface area contributed by atoms with Crippen LogP contribution in [-0.2, 0) is 20.9 Å². The maximum Gasteiger partial charge on any atom is 0.338 e. The van der Waals surface area contributed by atoms with E-state index >= 15 is 0 Å². The Labute approximate surface area is 145 Å². The van der Waals surface area contributed by atoms with Crippen LogP contribution in [-0.4, -0.2) is 48.4 Å². The lowest BCUT2D eigenvalue weighted by atomic mass is 10.1. The van der Waals surface area contributed by atoms with E-state index in [-0.39, 0.29) is 11.5 Å². The van der Waals surface area contributed by atoms with Gasteiger partial charge in [-0.2, -0.15) is 0 Å². The number of imide groups is 1. The summed E-state index contributed by atoms with van der Waals surface area (Å²) in [6.45, 7) is 2.64. The van der Waals surface area contributed by atoms with Crippen LogP contribution in [0.1, 0.15) is 35.7 Å². The van der Waals surface area contributed by atoms with Gasteiger partial charge >= 0.3 is 12.0 Å². The van der Waals surface area contributed by atoms with Gasteiger partial charge in [-0.05, 0) is 31.0 Å². The fourth-order valence-corrected chi connectivity index (χ4v) is 2.40. The topological polar surface area (TPSA) is 105 Å². The van der Waals surface area contributed by atoms with E-state index in [1.54, 1.807) is 29.2 Å². The van der Waals surface area contributed by atoms with Crippen molar-refractivity contribution in [3.8, 4) is 0 Å². The van der Waals surface area contributed by atoms with Crippen LogP contribution in [0.5, 0.6) is 0 Å². The van der Waals surface area contributed by atoms with Gasteiger partial charge in [0.2, 0.25) is 5.91 Å². The summed E-state index contributed by atoms with van der Waals surface area (Å²) < 4.78 is 5.04. The summed E-state index contributed by atoms with van der Waals surface area (Å²) >= 11 is 0. The fraction of sp³-hybridized carbons (Fsp3) is 0.412. The quantitative estimate of drug-likeness (QED) is 0.767. The molecule has 2 rings (SSSR count). The molecule has 0 unspecified atom stereocenters. The Bertz CT molecular complexity index is 671. The van der Waals surface area contributed by atoms with Crippen molar-refractivity contribution in [3.05, 3.63) is 35.4 Å². The first-order chi connectivity index (χ1) is 11.9. The summed E-state index contributed by atoms with van der Waals surface area (Å²) in [6, 6.07) is 5.99. The summed E-state index contributed by atoms with van der Waals surface area (Å²) in [7, 11) is 1.37. The highest BCUT2D eigenvalue weighted by Gasteiger charge is 2.22. The third kappa shape index (κ3) is 5.03. The Hall–Kier alpha value is -2.90. The Morgan fingerprint density at radius 2 is 1.92 bits per heavy atom. The first-order valence-electron chi connectivity index (χ1n) is 8.01. The van der Waals surface area contributed by atoms with Crippen molar-refractivity contribution in [3.63, 3.8) is 0 Å². The van der Waals surface area contributed by atoms with Crippen molar-refractivity contribution in [2.75, 3.05) is 13.6 Å². The predicted octanol–water partition coefficient (Wildman–Crippen LogP) is 0.810. The van der Waals surface area contributed by atoms with Crippen LogP contribution in [0.4, 0.5) is 4.79 Å². The molecule has 1 aromatic rings. The van der Waals surface area contributed by atoms with E-state index in [9.17, 15) is 19.2 Å². The van der Waals surface area contributed by atoms with Crippen LogP contribution in [0.25, 0.3) is 0 Å². The molecular formula is C17H21N3O5. The summed E-state index contributed by atoms with van der Waals surface area (Å²) in [5, 5.41) is 4.27. The normalized spacial score (nSPS) is 14.8. The van der Waals surface area contributed by atoms with E-state index in [4.69, 9.17) is 4.74 Å². The Morgan fingerprint density at radius 1 is 1.24 bits per heavy atom. The molecule has 2 N–H and O–H groups in total. The Balaban J connectivity index is 1.90. The van der Waals surface area contributed by atoms with Gasteiger partial charge in [0.05, 0.1) is 5.56 Å². The van der Waals surface area contributed by atoms with Crippen LogP contribution in [0.3, 0.4) is 0 Å². The van der Waals surface area contributed by atoms with Crippen molar-refractivity contribution >= 4 is 23.8 Å². The number of amides is 4. The van der Waals surface area contributed by atoms with E-state index in [1.165, 1.54) is 14.0 Å². The van der Waals surface area contributed by atoms with Crippen LogP contribution in [0.2, 0.25) is 0 Å². The molecule has 1 aromatic carbocycles. The number of urea groups is 1. The van der Waals surface area contributed by atoms with Crippen molar-refractivity contribution < 1.29 is 23.9 Å². The molecule has 0 aliphatic carbocycles. The van der Waals surface area contributed by atoms with Gasteiger partial charge in [-0.25, -0.2) is 9.59 Å². The molecule has 0 radical (unpaired) electrons. The van der Waals surface area contributed by atoms with E-state index in [0.717, 1.165) is 18.5 Å². The second-order valence-corrected chi connectivity index (χ2v) is 5.73. The van der Waals surface area contributed by atoms with Crippen LogP contribution in [0, 0.1) is 0 Å². The monoisotopic (exact) mass is 347 g/mol. The molecule has 4 amide bonds. The van der Waals surface area contributed by atoms with Crippen molar-refractivity contribution in [2.45, 2.75) is 32.4 Å². The zero-order valence-electron chi connectivity index (χ0n) is 14.2. The number of carbonyl (C=O) groups excluding carboxylic acids is 4. The summed E-state index contributed by atoms with van der Waals surface area (Å²) in [6.07, 6.45) is 0.353. The highest BCUT2D eigenvalue weighted by molar-refractivity contribution is 5.98. The lowest BCUT2D eigenvalue weighted by molar-refractivity contribution is -0.128. The molecular weight excluding hydrogens is 326 g/mol. The largest absolute Gasteiger partial charge is 0.449 e. The average molecular weight is 347 g/mol. The Kier molecular flexibility index (Phi) is 6.10. The highest BCUT2D eigenvalue weighted by atomic mass is 16.5. The molecule has 1 fully saturated rings. The number of likely N-dealkylation sites (tertiary alicyclic amines) is 1. The predicted molar refractivity (Wildman–Crippen MR) is 88.6 cm³/mol. The maximum atomic E-state index is 12.1. The van der Waals surface area contributed by atoms with Gasteiger partial charge < -0.3 is 15.0 Å². The average Bonchev–Trinajstić information content (AvgIpc) is 3.00. The first kappa shape index (κ1) is 18.4. The molecule has 1 atom stereocenters. The van der Waals surface area contributed by atoms with Gasteiger partial charge in [-0.3, -0.25) is 14.9 Å². The summed E-state index contributed by atoms with van der Waals surface area (Å²) in [5.74, 6) is -1.24. The number of rotatable bonds is 5. The zero-order chi connectivity index (χ0) is 18.4. The van der Waals surface area contributed by atoms with E-state index in [2.05, 4.69) is 5.32 Å². The van der Waals surface area contributed by atoms with E-state index < -0.39 is 24.0 Å². The van der Waals surface area contributed by atoms with Crippen LogP contribution >= 0.6 is 0 Å². The molecule has 8 nitrogen and oxygen atoms in total. The minimum atomic E-state index is -1.10. The Morgan fingerprint density at radius 3 is 2.48 bits per heavy atom. The minimum Gasteiger partial charge on any atom is -0.449 e. The minimum absolute atomic E-state index is 0.138. The smallest absolute Gasteiger partial charge is 0.338 e. The number of hydrogen-bond donors (Lipinski definition) is 2. The molecule has 134 valence electrons. The van der Waals surface area contributed by atoms with Gasteiger partial charge in [-0.15, -0.1) is 0 Å². The SMILES string of the molecule is CNC(=O)NC(=O)[C@H](C)OC(=O)c1ccc(CN2CCCC2=O)cc1. The molecule has 0 spiro atoms. The van der Waals surface area contributed by atoms with E-state index in [0.29, 0.717) is 13.0 Å². The molecule has 0 saturated carbocycles. The summed E-state index contributed by atoms with van der Waals surface area (Å²) in [5.41, 5.74) is 1.20. The molecule has 8 heteroatoms. The van der Waals surface area contributed by atoms with Crippen molar-refractivity contribution in [1.29, 1.82) is 0 Å². The number of nitrogens with zero attached hydrogens (tertiary/aromatic N) is 1. The summed E-state index contributed by atoms with van der Waals surface area (Å²) in [4.78, 5) is 48.2. The molecule has 0 aromatic heterocycles. The first-order valence-corrected chi connectivity index (χ1v) is 8.01. The van der Waals surface area contributed by atoms with Crippen molar-refractivity contribution in [1.82, 2.24) is 15.5 Å². The van der Waals surface area contributed by atoms with Crippen LogP contribution in [0.15, 0.2) is 24.3 Å². The second kappa shape index (κ2) is 8.27. The van der Waals surface area contributed by atoms with Crippen molar-refractivity contribution in [2.24, 2.45) is 0 Å². The third-order valence-corrected chi connectivity index (χ3v) is 3.85. The molecule has 1 saturated heterocycles. The number of hydrogen-bond acceptors (Lipinski definition) is 5. The number of benzene rings is 1. The molecule has 0 bridgehead atoms. The molecule has 1 heterocycles. The standard InChI is InChI=1S/C17H21N3O5/c1-11(15(22)19-17(24)18-2)25-16(23)13-7-5-12(6-8-13)10-20-9-3-4-14(20)21/h5-8,11H,3-4,9-10H2,1-2H3,(H2,18,19,22,24)/t11-/m0/s1. The van der Waals surface area contributed by atoms with Gasteiger partial charge in [0.15, 0.2) is 6.10 Å². The third-order valence-electron chi connectivity index (χ3n) is 3.85. The second-order valence-electron chi connectivity index (χ2n) is 5.73. The molecule has 1 aliphatic rings. The number of esters is 1. The molecule has 1 aliphatic heterocycles. The van der Waals surface area contributed by atoms with Gasteiger partial charge in [0.1, 0.15) is 0 Å². The van der Waals surface area contributed by atoms with Crippen LogP contribution < -0.4 is 10.6 Å². The van der Waals surface area contributed by atoms with Gasteiger partial charge in [-0.1, -0.05) is 12.1 Å². The fourth-order valence-electron chi connectivity index (χ4n) is 2.40. The lowest BCUT2D eigenvalue weighted by Crippen LogP contribution is -2.43. The van der Waals surface area contributed by atoms with E-state index in [1.807, 2.05) is 5.32 Å². The highest BCUT2D eigenvalue weighted by Crippen LogP contribution is 2.15. The zero-order valence-corrected chi connectivity index (χ0v) is 14.2. The number of carbonyl (C=O) groups is 4. The molecule has 25 heavy (non-hydrogen) atoms. The maximum absolute atomic E-state index is 12.1. The lowest BCUT2D eigenvalue weighted by Gasteiger charge is -2.16. The van der Waals surface area contributed by atoms with Gasteiger partial charge in [0, 0.05) is 26.6 Å². The van der Waals surface area contributed by atoms with Gasteiger partial charge in [0.25, 0.3) is 5.91 Å². The number of nitrogens with one attached hydrogen (secondary N) is 2. The number of ether oxygens (including phenoxy) is 1.